The molecule has 8 aromatic rings. The number of imidazole rings is 1. The summed E-state index contributed by atoms with van der Waals surface area (Å²) in [4.78, 5) is 13.1. The predicted molar refractivity (Wildman–Crippen MR) is 209 cm³/mol. The van der Waals surface area contributed by atoms with Gasteiger partial charge in [-0.1, -0.05) is 80.2 Å². The van der Waals surface area contributed by atoms with Gasteiger partial charge in [0, 0.05) is 75.2 Å². The molecule has 263 valence electrons. The van der Waals surface area contributed by atoms with Crippen LogP contribution in [0.2, 0.25) is 0 Å². The van der Waals surface area contributed by atoms with Gasteiger partial charge in [-0.2, -0.15) is 0 Å². The summed E-state index contributed by atoms with van der Waals surface area (Å²) in [6.45, 7) is -1.18. The van der Waals surface area contributed by atoms with Crippen molar-refractivity contribution < 1.29 is 38.2 Å². The second-order valence-corrected chi connectivity index (χ2v) is 13.6. The Hall–Kier alpha value is -5.16. The monoisotopic (exact) mass is 869 g/mol. The second-order valence-electron chi connectivity index (χ2n) is 13.6. The molecule has 0 aliphatic carbocycles. The molecule has 4 heterocycles. The SMILES string of the molecule is [2H]C([2H])([2H])c1ccc(-c2[c-]cccc2)nc1.[2H]c1cc(CC(C)(C)C)cc(C([2H])([2H])[2H])c1-c1cc(-c2[c-]ccc3c2oc2cc(-c4nccn4C)ccc23)ncc1C([2H])([2H])[2H].[Ir]. The van der Waals surface area contributed by atoms with Crippen LogP contribution in [-0.2, 0) is 33.6 Å². The van der Waals surface area contributed by atoms with Crippen molar-refractivity contribution >= 4 is 21.9 Å². The number of rotatable bonds is 5. The maximum atomic E-state index is 8.97. The molecule has 8 rings (SSSR count). The zero-order chi connectivity index (χ0) is 44.1. The van der Waals surface area contributed by atoms with Gasteiger partial charge in [0.15, 0.2) is 0 Å². The molecule has 0 fully saturated rings. The van der Waals surface area contributed by atoms with E-state index >= 15 is 0 Å². The quantitative estimate of drug-likeness (QED) is 0.162. The van der Waals surface area contributed by atoms with Crippen molar-refractivity contribution in [1.82, 2.24) is 19.5 Å². The number of pyridine rings is 2. The maximum Gasteiger partial charge on any atom is 0.139 e. The van der Waals surface area contributed by atoms with Crippen LogP contribution in [0.25, 0.3) is 67.0 Å². The Labute approximate surface area is 334 Å². The first-order chi connectivity index (χ1) is 28.6. The van der Waals surface area contributed by atoms with Crippen LogP contribution in [0.1, 0.15) is 56.7 Å². The Balaban J connectivity index is 0.000000317. The predicted octanol–water partition coefficient (Wildman–Crippen LogP) is 11.6. The zero-order valence-corrected chi connectivity index (χ0v) is 31.5. The first-order valence-electron chi connectivity index (χ1n) is 21.5. The molecule has 0 aliphatic rings. The van der Waals surface area contributed by atoms with Gasteiger partial charge in [-0.3, -0.25) is 0 Å². The molecule has 0 saturated carbocycles. The molecule has 52 heavy (non-hydrogen) atoms. The molecule has 0 bridgehead atoms. The summed E-state index contributed by atoms with van der Waals surface area (Å²) in [6.07, 6.45) is 6.80. The molecule has 0 N–H and O–H groups in total. The molecule has 0 amide bonds. The average Bonchev–Trinajstić information content (AvgIpc) is 3.79. The second kappa shape index (κ2) is 15.2. The van der Waals surface area contributed by atoms with Gasteiger partial charge >= 0.3 is 0 Å². The smallest absolute Gasteiger partial charge is 0.139 e. The fourth-order valence-corrected chi connectivity index (χ4v) is 6.10. The van der Waals surface area contributed by atoms with Crippen LogP contribution < -0.4 is 0 Å². The van der Waals surface area contributed by atoms with Crippen LogP contribution >= 0.6 is 0 Å². The average molecular weight is 869 g/mol. The minimum absolute atomic E-state index is 0. The molecule has 0 atom stereocenters. The van der Waals surface area contributed by atoms with Gasteiger partial charge in [0.2, 0.25) is 0 Å². The van der Waals surface area contributed by atoms with Crippen molar-refractivity contribution in [3.63, 3.8) is 0 Å². The molecule has 0 unspecified atom stereocenters. The van der Waals surface area contributed by atoms with E-state index in [1.54, 1.807) is 48.7 Å². The fraction of sp³-hybridized carbons (Fsp3) is 0.196. The van der Waals surface area contributed by atoms with E-state index in [4.69, 9.17) is 18.1 Å². The normalized spacial score (nSPS) is 14.8. The van der Waals surface area contributed by atoms with Crippen molar-refractivity contribution in [3.8, 4) is 45.0 Å². The summed E-state index contributed by atoms with van der Waals surface area (Å²) >= 11 is 0. The standard InChI is InChI=1S/C34H32N3O.C12H10N.Ir/c1-21-16-23(19-34(3,4)5)10-12-25(21)29-18-30(36-20-22(29)2)28-9-7-8-27-26-13-11-24(17-31(26)38-32(27)28)33-35-14-15-37(33)6;1-10-7-8-12(13-9-10)11-5-3-2-4-6-11;/h7-8,10-18,20H,19H2,1-6H3;2-5,7-9H,1H3;/q2*-1;/i1D3,2D3,12D;1D3;. The van der Waals surface area contributed by atoms with E-state index in [-0.39, 0.29) is 59.4 Å². The van der Waals surface area contributed by atoms with Crippen molar-refractivity contribution in [2.24, 2.45) is 12.5 Å². The van der Waals surface area contributed by atoms with Gasteiger partial charge in [0.1, 0.15) is 11.4 Å². The summed E-state index contributed by atoms with van der Waals surface area (Å²) < 4.78 is 88.8. The number of hydrogen-bond donors (Lipinski definition) is 0. The van der Waals surface area contributed by atoms with E-state index in [2.05, 4.69) is 27.1 Å². The molecule has 0 aliphatic heterocycles. The van der Waals surface area contributed by atoms with Gasteiger partial charge in [-0.25, -0.2) is 4.98 Å². The summed E-state index contributed by atoms with van der Waals surface area (Å²) in [7, 11) is 1.92. The molecular weight excluding hydrogens is 817 g/mol. The van der Waals surface area contributed by atoms with Crippen LogP contribution in [0.5, 0.6) is 0 Å². The molecule has 6 heteroatoms. The number of aromatic nitrogens is 4. The third kappa shape index (κ3) is 7.84. The van der Waals surface area contributed by atoms with Crippen LogP contribution in [0, 0.1) is 38.1 Å². The van der Waals surface area contributed by atoms with E-state index in [9.17, 15) is 0 Å². The summed E-state index contributed by atoms with van der Waals surface area (Å²) in [5.74, 6) is 0.792. The summed E-state index contributed by atoms with van der Waals surface area (Å²) in [5, 5.41) is 1.70. The maximum absolute atomic E-state index is 8.97. The van der Waals surface area contributed by atoms with E-state index in [0.717, 1.165) is 33.4 Å². The summed E-state index contributed by atoms with van der Waals surface area (Å²) in [6, 6.07) is 31.2. The molecule has 5 nitrogen and oxygen atoms in total. The minimum atomic E-state index is -2.61. The number of hydrogen-bond acceptors (Lipinski definition) is 4. The van der Waals surface area contributed by atoms with E-state index < -0.39 is 20.6 Å². The Morgan fingerprint density at radius 1 is 0.808 bits per heavy atom. The molecule has 0 spiro atoms. The fourth-order valence-electron chi connectivity index (χ4n) is 6.10. The number of fused-ring (bicyclic) bond motifs is 3. The Kier molecular flexibility index (Phi) is 7.53. The van der Waals surface area contributed by atoms with E-state index in [1.807, 2.05) is 81.0 Å². The molecule has 4 aromatic carbocycles. The minimum Gasteiger partial charge on any atom is -0.501 e. The molecule has 1 radical (unpaired) electrons. The topological polar surface area (TPSA) is 56.7 Å². The van der Waals surface area contributed by atoms with Crippen LogP contribution in [0.4, 0.5) is 0 Å². The van der Waals surface area contributed by atoms with Crippen molar-refractivity contribution in [2.75, 3.05) is 0 Å². The largest absolute Gasteiger partial charge is 0.501 e. The summed E-state index contributed by atoms with van der Waals surface area (Å²) in [5.41, 5.74) is 5.26. The van der Waals surface area contributed by atoms with Gasteiger partial charge in [-0.15, -0.1) is 54.1 Å². The Bertz CT molecular complexity index is 2860. The van der Waals surface area contributed by atoms with Crippen LogP contribution in [0.3, 0.4) is 0 Å². The molecule has 4 aromatic heterocycles. The van der Waals surface area contributed by atoms with E-state index in [0.29, 0.717) is 34.4 Å². The van der Waals surface area contributed by atoms with Crippen molar-refractivity contribution in [2.45, 2.75) is 47.7 Å². The van der Waals surface area contributed by atoms with Crippen LogP contribution in [-0.4, -0.2) is 19.5 Å². The van der Waals surface area contributed by atoms with Crippen molar-refractivity contribution in [3.05, 3.63) is 150 Å². The van der Waals surface area contributed by atoms with Gasteiger partial charge in [0.25, 0.3) is 0 Å². The van der Waals surface area contributed by atoms with Crippen molar-refractivity contribution in [1.29, 1.82) is 0 Å². The third-order valence-corrected chi connectivity index (χ3v) is 8.43. The number of benzene rings is 4. The Morgan fingerprint density at radius 2 is 1.67 bits per heavy atom. The number of nitrogens with zero attached hydrogens (tertiary/aromatic N) is 4. The van der Waals surface area contributed by atoms with Gasteiger partial charge in [-0.05, 0) is 83.2 Å². The Morgan fingerprint density at radius 3 is 2.38 bits per heavy atom. The van der Waals surface area contributed by atoms with Crippen LogP contribution in [0.15, 0.2) is 120 Å². The number of furan rings is 1. The molecule has 0 saturated heterocycles. The molecular formula is C46H42IrN4O-2. The zero-order valence-electron chi connectivity index (χ0n) is 39.1. The first-order valence-corrected chi connectivity index (χ1v) is 16.5. The van der Waals surface area contributed by atoms with Gasteiger partial charge in [0.05, 0.1) is 6.95 Å². The first kappa shape index (κ1) is 25.7. The third-order valence-electron chi connectivity index (χ3n) is 8.43. The van der Waals surface area contributed by atoms with Gasteiger partial charge < -0.3 is 19.0 Å². The number of aryl methyl sites for hydroxylation is 4. The van der Waals surface area contributed by atoms with E-state index in [1.165, 1.54) is 12.4 Å².